The first-order valence-electron chi connectivity index (χ1n) is 5.34. The van der Waals surface area contributed by atoms with Gasteiger partial charge in [-0.3, -0.25) is 0 Å². The lowest BCUT2D eigenvalue weighted by Crippen LogP contribution is -2.32. The van der Waals surface area contributed by atoms with Crippen molar-refractivity contribution in [1.29, 1.82) is 0 Å². The molecule has 1 aromatic rings. The van der Waals surface area contributed by atoms with Gasteiger partial charge in [0.2, 0.25) is 0 Å². The number of hydrogen-bond acceptors (Lipinski definition) is 4. The van der Waals surface area contributed by atoms with Crippen LogP contribution in [0.4, 0.5) is 0 Å². The smallest absolute Gasteiger partial charge is 0.0880 e. The number of nitrogens with one attached hydrogen (secondary N) is 1. The molecular weight excluding hydrogens is 194 g/mol. The summed E-state index contributed by atoms with van der Waals surface area (Å²) in [6.45, 7) is 3.23. The minimum absolute atomic E-state index is 0.702. The monoisotopic (exact) mass is 211 g/mol. The van der Waals surface area contributed by atoms with Crippen molar-refractivity contribution in [3.8, 4) is 0 Å². The Morgan fingerprint density at radius 3 is 2.86 bits per heavy atom. The van der Waals surface area contributed by atoms with Gasteiger partial charge < -0.3 is 5.32 Å². The van der Waals surface area contributed by atoms with Gasteiger partial charge in [0.1, 0.15) is 0 Å². The third-order valence-electron chi connectivity index (χ3n) is 2.99. The topological polar surface area (TPSA) is 37.8 Å². The lowest BCUT2D eigenvalue weighted by atomic mass is 9.87. The summed E-state index contributed by atoms with van der Waals surface area (Å²) in [6.07, 6.45) is 7.22. The molecule has 2 rings (SSSR count). The van der Waals surface area contributed by atoms with E-state index in [-0.39, 0.29) is 0 Å². The zero-order valence-electron chi connectivity index (χ0n) is 8.57. The van der Waals surface area contributed by atoms with Crippen LogP contribution >= 0.6 is 11.7 Å². The predicted octanol–water partition coefficient (Wildman–Crippen LogP) is 2.21. The molecule has 1 N–H and O–H groups in total. The molecule has 1 heterocycles. The maximum absolute atomic E-state index is 4.18. The summed E-state index contributed by atoms with van der Waals surface area (Å²) in [5.41, 5.74) is 1.08. The van der Waals surface area contributed by atoms with Crippen LogP contribution in [0.1, 0.15) is 38.3 Å². The molecule has 1 aliphatic rings. The third kappa shape index (κ3) is 2.75. The molecule has 4 heteroatoms. The summed E-state index contributed by atoms with van der Waals surface area (Å²) in [7, 11) is 0. The van der Waals surface area contributed by atoms with Crippen LogP contribution < -0.4 is 5.32 Å². The quantitative estimate of drug-likeness (QED) is 0.833. The number of rotatable bonds is 3. The summed E-state index contributed by atoms with van der Waals surface area (Å²) in [5.74, 6) is 0.925. The van der Waals surface area contributed by atoms with Crippen LogP contribution in [0.5, 0.6) is 0 Å². The maximum atomic E-state index is 4.18. The van der Waals surface area contributed by atoms with Gasteiger partial charge >= 0.3 is 0 Å². The van der Waals surface area contributed by atoms with Crippen molar-refractivity contribution in [2.45, 2.75) is 45.2 Å². The highest BCUT2D eigenvalue weighted by Gasteiger charge is 2.17. The molecule has 1 aromatic heterocycles. The first-order valence-corrected chi connectivity index (χ1v) is 6.07. The predicted molar refractivity (Wildman–Crippen MR) is 58.2 cm³/mol. The van der Waals surface area contributed by atoms with Gasteiger partial charge in [-0.25, -0.2) is 0 Å². The standard InChI is InChI=1S/C10H17N3S/c1-8-2-4-9(5-3-8)11-6-10-7-12-14-13-10/h7-9,11H,2-6H2,1H3. The fraction of sp³-hybridized carbons (Fsp3) is 0.800. The Labute approximate surface area is 89.3 Å². The van der Waals surface area contributed by atoms with Crippen molar-refractivity contribution < 1.29 is 0 Å². The van der Waals surface area contributed by atoms with E-state index in [1.807, 2.05) is 6.20 Å². The van der Waals surface area contributed by atoms with Crippen molar-refractivity contribution in [2.75, 3.05) is 0 Å². The van der Waals surface area contributed by atoms with Gasteiger partial charge in [-0.15, -0.1) is 0 Å². The first-order chi connectivity index (χ1) is 6.84. The van der Waals surface area contributed by atoms with Gasteiger partial charge in [-0.1, -0.05) is 6.92 Å². The van der Waals surface area contributed by atoms with Crippen LogP contribution in [0, 0.1) is 5.92 Å². The second-order valence-corrected chi connectivity index (χ2v) is 4.79. The molecular formula is C10H17N3S. The largest absolute Gasteiger partial charge is 0.308 e. The number of hydrogen-bond donors (Lipinski definition) is 1. The van der Waals surface area contributed by atoms with Crippen molar-refractivity contribution in [3.05, 3.63) is 11.9 Å². The molecule has 0 atom stereocenters. The second kappa shape index (κ2) is 4.84. The van der Waals surface area contributed by atoms with Crippen LogP contribution in [0.15, 0.2) is 6.20 Å². The first kappa shape index (κ1) is 10.1. The maximum Gasteiger partial charge on any atom is 0.0880 e. The lowest BCUT2D eigenvalue weighted by molar-refractivity contribution is 0.306. The molecule has 14 heavy (non-hydrogen) atoms. The Morgan fingerprint density at radius 1 is 1.43 bits per heavy atom. The minimum atomic E-state index is 0.702. The Balaban J connectivity index is 1.71. The average Bonchev–Trinajstić information content (AvgIpc) is 2.70. The Hall–Kier alpha value is -0.480. The second-order valence-electron chi connectivity index (χ2n) is 4.24. The molecule has 1 saturated carbocycles. The van der Waals surface area contributed by atoms with Crippen LogP contribution in [-0.2, 0) is 6.54 Å². The molecule has 0 aromatic carbocycles. The molecule has 0 unspecified atom stereocenters. The van der Waals surface area contributed by atoms with E-state index < -0.39 is 0 Å². The van der Waals surface area contributed by atoms with Gasteiger partial charge in [0.25, 0.3) is 0 Å². The van der Waals surface area contributed by atoms with Crippen molar-refractivity contribution >= 4 is 11.7 Å². The van der Waals surface area contributed by atoms with Crippen LogP contribution in [-0.4, -0.2) is 14.8 Å². The van der Waals surface area contributed by atoms with Crippen molar-refractivity contribution in [3.63, 3.8) is 0 Å². The van der Waals surface area contributed by atoms with E-state index in [4.69, 9.17) is 0 Å². The number of aromatic nitrogens is 2. The Kier molecular flexibility index (Phi) is 3.48. The van der Waals surface area contributed by atoms with Gasteiger partial charge in [-0.2, -0.15) is 8.75 Å². The van der Waals surface area contributed by atoms with E-state index in [0.29, 0.717) is 6.04 Å². The van der Waals surface area contributed by atoms with Crippen molar-refractivity contribution in [2.24, 2.45) is 5.92 Å². The summed E-state index contributed by atoms with van der Waals surface area (Å²) < 4.78 is 8.17. The zero-order chi connectivity index (χ0) is 9.80. The van der Waals surface area contributed by atoms with Crippen LogP contribution in [0.25, 0.3) is 0 Å². The van der Waals surface area contributed by atoms with Gasteiger partial charge in [0.15, 0.2) is 0 Å². The van der Waals surface area contributed by atoms with E-state index in [1.165, 1.54) is 37.4 Å². The third-order valence-corrected chi connectivity index (χ3v) is 3.51. The molecule has 0 radical (unpaired) electrons. The van der Waals surface area contributed by atoms with E-state index in [0.717, 1.165) is 18.2 Å². The van der Waals surface area contributed by atoms with E-state index >= 15 is 0 Å². The lowest BCUT2D eigenvalue weighted by Gasteiger charge is -2.26. The molecule has 1 fully saturated rings. The SMILES string of the molecule is CC1CCC(NCc2cnsn2)CC1. The minimum Gasteiger partial charge on any atom is -0.308 e. The highest BCUT2D eigenvalue weighted by molar-refractivity contribution is 6.99. The molecule has 0 spiro atoms. The average molecular weight is 211 g/mol. The van der Waals surface area contributed by atoms with E-state index in [1.54, 1.807) is 0 Å². The molecule has 0 aliphatic heterocycles. The highest BCUT2D eigenvalue weighted by Crippen LogP contribution is 2.23. The Bertz CT molecular complexity index is 252. The van der Waals surface area contributed by atoms with Crippen molar-refractivity contribution in [1.82, 2.24) is 14.1 Å². The zero-order valence-corrected chi connectivity index (χ0v) is 9.39. The summed E-state index contributed by atoms with van der Waals surface area (Å²) >= 11 is 1.29. The fourth-order valence-electron chi connectivity index (χ4n) is 1.98. The van der Waals surface area contributed by atoms with E-state index in [9.17, 15) is 0 Å². The number of nitrogens with zero attached hydrogens (tertiary/aromatic N) is 2. The molecule has 3 nitrogen and oxygen atoms in total. The summed E-state index contributed by atoms with van der Waals surface area (Å²) in [4.78, 5) is 0. The summed E-state index contributed by atoms with van der Waals surface area (Å²) in [5, 5.41) is 3.55. The summed E-state index contributed by atoms with van der Waals surface area (Å²) in [6, 6.07) is 0.702. The van der Waals surface area contributed by atoms with Gasteiger partial charge in [0.05, 0.1) is 23.6 Å². The van der Waals surface area contributed by atoms with Crippen LogP contribution in [0.2, 0.25) is 0 Å². The molecule has 0 saturated heterocycles. The highest BCUT2D eigenvalue weighted by atomic mass is 32.1. The van der Waals surface area contributed by atoms with Gasteiger partial charge in [-0.05, 0) is 31.6 Å². The molecule has 0 amide bonds. The molecule has 0 bridgehead atoms. The fourth-order valence-corrected chi connectivity index (χ4v) is 2.41. The molecule has 1 aliphatic carbocycles. The van der Waals surface area contributed by atoms with E-state index in [2.05, 4.69) is 21.0 Å². The van der Waals surface area contributed by atoms with Gasteiger partial charge in [0, 0.05) is 12.6 Å². The molecule has 78 valence electrons. The Morgan fingerprint density at radius 2 is 2.21 bits per heavy atom. The normalized spacial score (nSPS) is 27.8. The van der Waals surface area contributed by atoms with Crippen LogP contribution in [0.3, 0.4) is 0 Å².